The van der Waals surface area contributed by atoms with Crippen LogP contribution in [0.3, 0.4) is 0 Å². The third-order valence-electron chi connectivity index (χ3n) is 3.91. The number of nitrogens with zero attached hydrogens (tertiary/aromatic N) is 3. The van der Waals surface area contributed by atoms with Crippen LogP contribution < -0.4 is 4.74 Å². The largest absolute Gasteiger partial charge is 0.497 e. The van der Waals surface area contributed by atoms with Crippen LogP contribution in [-0.2, 0) is 0 Å². The molecule has 0 atom stereocenters. The molecule has 6 nitrogen and oxygen atoms in total. The van der Waals surface area contributed by atoms with Crippen molar-refractivity contribution in [3.8, 4) is 17.1 Å². The van der Waals surface area contributed by atoms with Crippen LogP contribution in [0.15, 0.2) is 59.8 Å². The summed E-state index contributed by atoms with van der Waals surface area (Å²) in [6.45, 7) is 0. The number of nitrogens with one attached hydrogen (secondary N) is 2. The first kappa shape index (κ1) is 15.3. The Bertz CT molecular complexity index is 1120. The van der Waals surface area contributed by atoms with E-state index < -0.39 is 0 Å². The molecule has 2 aromatic carbocycles. The minimum absolute atomic E-state index is 0.425. The maximum atomic E-state index is 5.32. The second-order valence-corrected chi connectivity index (χ2v) is 5.82. The Hall–Kier alpha value is -3.19. The van der Waals surface area contributed by atoms with Gasteiger partial charge in [-0.25, -0.2) is 5.10 Å². The number of rotatable bonds is 4. The number of benzene rings is 2. The van der Waals surface area contributed by atoms with E-state index in [1.54, 1.807) is 18.0 Å². The molecule has 4 aromatic rings. The van der Waals surface area contributed by atoms with Crippen molar-refractivity contribution in [3.05, 3.63) is 65.1 Å². The SMILES string of the molecule is COc1cccc(-c2n[nH]c(=S)n2N=Cc2c[nH]c3ccccc23)c1. The highest BCUT2D eigenvalue weighted by Crippen LogP contribution is 2.22. The van der Waals surface area contributed by atoms with Crippen LogP contribution in [0.25, 0.3) is 22.3 Å². The van der Waals surface area contributed by atoms with E-state index in [-0.39, 0.29) is 0 Å². The first-order chi connectivity index (χ1) is 12.3. The van der Waals surface area contributed by atoms with Gasteiger partial charge in [-0.15, -0.1) is 0 Å². The molecular formula is C18H15N5OS. The van der Waals surface area contributed by atoms with Gasteiger partial charge in [0.1, 0.15) is 5.75 Å². The van der Waals surface area contributed by atoms with E-state index in [4.69, 9.17) is 17.0 Å². The zero-order valence-corrected chi connectivity index (χ0v) is 14.2. The molecule has 0 saturated carbocycles. The van der Waals surface area contributed by atoms with Crippen LogP contribution in [0, 0.1) is 4.77 Å². The van der Waals surface area contributed by atoms with Crippen LogP contribution in [0.2, 0.25) is 0 Å². The molecule has 0 aliphatic rings. The summed E-state index contributed by atoms with van der Waals surface area (Å²) < 4.78 is 7.30. The van der Waals surface area contributed by atoms with Gasteiger partial charge in [-0.05, 0) is 30.4 Å². The summed E-state index contributed by atoms with van der Waals surface area (Å²) in [4.78, 5) is 3.23. The normalized spacial score (nSPS) is 11.4. The molecule has 0 amide bonds. The van der Waals surface area contributed by atoms with Crippen LogP contribution in [0.5, 0.6) is 5.75 Å². The predicted octanol–water partition coefficient (Wildman–Crippen LogP) is 3.98. The molecule has 0 fully saturated rings. The number of H-pyrrole nitrogens is 2. The third kappa shape index (κ3) is 2.85. The summed E-state index contributed by atoms with van der Waals surface area (Å²) in [6.07, 6.45) is 3.69. The molecule has 4 rings (SSSR count). The van der Waals surface area contributed by atoms with Crippen molar-refractivity contribution in [3.63, 3.8) is 0 Å². The maximum absolute atomic E-state index is 5.32. The van der Waals surface area contributed by atoms with E-state index in [2.05, 4.69) is 20.3 Å². The van der Waals surface area contributed by atoms with Gasteiger partial charge in [0.25, 0.3) is 0 Å². The van der Waals surface area contributed by atoms with Gasteiger partial charge < -0.3 is 9.72 Å². The van der Waals surface area contributed by atoms with Crippen molar-refractivity contribution < 1.29 is 4.74 Å². The van der Waals surface area contributed by atoms with E-state index in [0.29, 0.717) is 10.6 Å². The molecule has 7 heteroatoms. The number of ether oxygens (including phenoxy) is 1. The van der Waals surface area contributed by atoms with E-state index in [0.717, 1.165) is 27.8 Å². The van der Waals surface area contributed by atoms with Crippen molar-refractivity contribution >= 4 is 29.3 Å². The van der Waals surface area contributed by atoms with Gasteiger partial charge in [0.05, 0.1) is 13.3 Å². The Kier molecular flexibility index (Phi) is 3.91. The van der Waals surface area contributed by atoms with E-state index in [1.165, 1.54) is 0 Å². The fourth-order valence-corrected chi connectivity index (χ4v) is 2.85. The maximum Gasteiger partial charge on any atom is 0.216 e. The average Bonchev–Trinajstić information content (AvgIpc) is 3.23. The van der Waals surface area contributed by atoms with Crippen LogP contribution in [0.1, 0.15) is 5.56 Å². The average molecular weight is 349 g/mol. The molecule has 0 unspecified atom stereocenters. The number of fused-ring (bicyclic) bond motifs is 1. The standard InChI is InChI=1S/C18H15N5OS/c1-24-14-6-4-5-12(9-14)17-21-22-18(25)23(17)20-11-13-10-19-16-8-3-2-7-15(13)16/h2-11,19H,1H3,(H,22,25). The van der Waals surface area contributed by atoms with Crippen LogP contribution in [-0.4, -0.2) is 33.2 Å². The highest BCUT2D eigenvalue weighted by atomic mass is 32.1. The van der Waals surface area contributed by atoms with E-state index in [9.17, 15) is 0 Å². The van der Waals surface area contributed by atoms with Crippen molar-refractivity contribution in [1.82, 2.24) is 19.9 Å². The Morgan fingerprint density at radius 3 is 2.96 bits per heavy atom. The molecule has 25 heavy (non-hydrogen) atoms. The molecule has 0 spiro atoms. The van der Waals surface area contributed by atoms with Gasteiger partial charge in [0.15, 0.2) is 5.82 Å². The number of hydrogen-bond acceptors (Lipinski definition) is 4. The Morgan fingerprint density at radius 1 is 1.20 bits per heavy atom. The molecule has 124 valence electrons. The van der Waals surface area contributed by atoms with Crippen molar-refractivity contribution in [2.75, 3.05) is 7.11 Å². The Morgan fingerprint density at radius 2 is 2.08 bits per heavy atom. The van der Waals surface area contributed by atoms with Gasteiger partial charge in [0, 0.05) is 28.2 Å². The fraction of sp³-hybridized carbons (Fsp3) is 0.0556. The lowest BCUT2D eigenvalue weighted by atomic mass is 10.2. The van der Waals surface area contributed by atoms with Crippen molar-refractivity contribution in [1.29, 1.82) is 0 Å². The Labute approximate surface area is 148 Å². The summed E-state index contributed by atoms with van der Waals surface area (Å²) >= 11 is 5.32. The molecule has 0 bridgehead atoms. The highest BCUT2D eigenvalue weighted by molar-refractivity contribution is 7.71. The van der Waals surface area contributed by atoms with Gasteiger partial charge >= 0.3 is 0 Å². The molecule has 0 saturated heterocycles. The molecule has 0 aliphatic heterocycles. The lowest BCUT2D eigenvalue weighted by Crippen LogP contribution is -1.95. The van der Waals surface area contributed by atoms with E-state index in [1.807, 2.05) is 54.7 Å². The minimum atomic E-state index is 0.425. The minimum Gasteiger partial charge on any atom is -0.497 e. The second-order valence-electron chi connectivity index (χ2n) is 5.43. The van der Waals surface area contributed by atoms with Gasteiger partial charge in [-0.1, -0.05) is 30.3 Å². The number of aromatic amines is 2. The van der Waals surface area contributed by atoms with Gasteiger partial charge in [-0.2, -0.15) is 14.9 Å². The molecule has 0 aliphatic carbocycles. The molecular weight excluding hydrogens is 334 g/mol. The van der Waals surface area contributed by atoms with E-state index >= 15 is 0 Å². The molecule has 0 radical (unpaired) electrons. The summed E-state index contributed by atoms with van der Waals surface area (Å²) in [6, 6.07) is 15.7. The number of methoxy groups -OCH3 is 1. The fourth-order valence-electron chi connectivity index (χ4n) is 2.67. The summed E-state index contributed by atoms with van der Waals surface area (Å²) in [5.41, 5.74) is 2.91. The third-order valence-corrected chi connectivity index (χ3v) is 4.18. The number of para-hydroxylation sites is 1. The first-order valence-electron chi connectivity index (χ1n) is 7.68. The zero-order chi connectivity index (χ0) is 17.2. The van der Waals surface area contributed by atoms with Crippen molar-refractivity contribution in [2.24, 2.45) is 5.10 Å². The lowest BCUT2D eigenvalue weighted by molar-refractivity contribution is 0.415. The summed E-state index contributed by atoms with van der Waals surface area (Å²) in [5.74, 6) is 1.37. The predicted molar refractivity (Wildman–Crippen MR) is 101 cm³/mol. The number of hydrogen-bond donors (Lipinski definition) is 2. The summed E-state index contributed by atoms with van der Waals surface area (Å²) in [7, 11) is 1.63. The summed E-state index contributed by atoms with van der Waals surface area (Å²) in [5, 5.41) is 12.7. The first-order valence-corrected chi connectivity index (χ1v) is 8.09. The Balaban J connectivity index is 1.76. The monoisotopic (exact) mass is 349 g/mol. The van der Waals surface area contributed by atoms with Crippen molar-refractivity contribution in [2.45, 2.75) is 0 Å². The highest BCUT2D eigenvalue weighted by Gasteiger charge is 2.09. The second kappa shape index (κ2) is 6.37. The molecule has 2 N–H and O–H groups in total. The quantitative estimate of drug-likeness (QED) is 0.432. The topological polar surface area (TPSA) is 71.0 Å². The van der Waals surface area contributed by atoms with Gasteiger partial charge in [0.2, 0.25) is 4.77 Å². The van der Waals surface area contributed by atoms with Crippen LogP contribution >= 0.6 is 12.2 Å². The smallest absolute Gasteiger partial charge is 0.216 e. The molecule has 2 aromatic heterocycles. The molecule has 2 heterocycles. The zero-order valence-electron chi connectivity index (χ0n) is 13.4. The van der Waals surface area contributed by atoms with Gasteiger partial charge in [-0.3, -0.25) is 0 Å². The van der Waals surface area contributed by atoms with Crippen LogP contribution in [0.4, 0.5) is 0 Å². The lowest BCUT2D eigenvalue weighted by Gasteiger charge is -2.03. The number of aromatic nitrogens is 4.